The summed E-state index contributed by atoms with van der Waals surface area (Å²) in [5.41, 5.74) is 1.10. The quantitative estimate of drug-likeness (QED) is 0.470. The van der Waals surface area contributed by atoms with Gasteiger partial charge in [0.2, 0.25) is 5.91 Å². The fraction of sp³-hybridized carbons (Fsp3) is 0.167. The molecule has 0 aromatic heterocycles. The van der Waals surface area contributed by atoms with E-state index >= 15 is 0 Å². The van der Waals surface area contributed by atoms with Gasteiger partial charge in [0, 0.05) is 5.56 Å². The third-order valence-electron chi connectivity index (χ3n) is 3.70. The van der Waals surface area contributed by atoms with Crippen LogP contribution in [0.25, 0.3) is 0 Å². The van der Waals surface area contributed by atoms with Crippen LogP contribution in [0, 0.1) is 6.92 Å². The minimum atomic E-state index is -3.97. The number of thioether (sulfide) groups is 1. The molecule has 9 heteroatoms. The second-order valence-corrected chi connectivity index (χ2v) is 8.62. The van der Waals surface area contributed by atoms with Gasteiger partial charge in [-0.2, -0.15) is 13.5 Å². The van der Waals surface area contributed by atoms with E-state index in [1.807, 2.05) is 0 Å². The lowest BCUT2D eigenvalue weighted by atomic mass is 10.1. The number of aryl methyl sites for hydroxylation is 1. The summed E-state index contributed by atoms with van der Waals surface area (Å²) in [6.07, 6.45) is 1.39. The summed E-state index contributed by atoms with van der Waals surface area (Å²) in [6.45, 7) is 3.51. The van der Waals surface area contributed by atoms with E-state index in [0.717, 1.165) is 0 Å². The van der Waals surface area contributed by atoms with Crippen LogP contribution in [0.1, 0.15) is 18.1 Å². The Morgan fingerprint density at radius 3 is 2.56 bits per heavy atom. The van der Waals surface area contributed by atoms with Crippen LogP contribution in [0.5, 0.6) is 5.75 Å². The van der Waals surface area contributed by atoms with Crippen molar-refractivity contribution in [3.05, 3.63) is 59.7 Å². The van der Waals surface area contributed by atoms with E-state index < -0.39 is 10.1 Å². The van der Waals surface area contributed by atoms with Crippen LogP contribution in [0.4, 0.5) is 0 Å². The first-order chi connectivity index (χ1) is 12.9. The predicted octanol–water partition coefficient (Wildman–Crippen LogP) is 2.70. The smallest absolute Gasteiger partial charge is 0.339 e. The molecule has 0 radical (unpaired) electrons. The van der Waals surface area contributed by atoms with E-state index in [1.54, 1.807) is 50.2 Å². The second-order valence-electron chi connectivity index (χ2n) is 5.74. The van der Waals surface area contributed by atoms with Gasteiger partial charge in [0.1, 0.15) is 4.90 Å². The van der Waals surface area contributed by atoms with Crippen LogP contribution in [0.2, 0.25) is 0 Å². The molecule has 1 aliphatic rings. The Morgan fingerprint density at radius 2 is 1.89 bits per heavy atom. The van der Waals surface area contributed by atoms with E-state index in [9.17, 15) is 13.2 Å². The number of carbonyl (C=O) groups is 1. The van der Waals surface area contributed by atoms with Crippen molar-refractivity contribution in [2.45, 2.75) is 24.0 Å². The molecule has 27 heavy (non-hydrogen) atoms. The molecular weight excluding hydrogens is 386 g/mol. The molecule has 1 atom stereocenters. The summed E-state index contributed by atoms with van der Waals surface area (Å²) in [4.78, 5) is 11.5. The van der Waals surface area contributed by atoms with Crippen LogP contribution >= 0.6 is 11.8 Å². The van der Waals surface area contributed by atoms with Gasteiger partial charge in [0.25, 0.3) is 0 Å². The van der Waals surface area contributed by atoms with Crippen molar-refractivity contribution in [1.82, 2.24) is 5.32 Å². The van der Waals surface area contributed by atoms with Gasteiger partial charge >= 0.3 is 10.1 Å². The maximum atomic E-state index is 12.5. The van der Waals surface area contributed by atoms with Crippen molar-refractivity contribution < 1.29 is 17.4 Å². The van der Waals surface area contributed by atoms with Crippen molar-refractivity contribution >= 4 is 39.2 Å². The molecule has 0 saturated carbocycles. The molecule has 2 aromatic rings. The van der Waals surface area contributed by atoms with Crippen LogP contribution in [0.3, 0.4) is 0 Å². The van der Waals surface area contributed by atoms with Crippen molar-refractivity contribution in [3.63, 3.8) is 0 Å². The summed E-state index contributed by atoms with van der Waals surface area (Å²) in [5.74, 6) is 0.0595. The molecule has 0 unspecified atom stereocenters. The number of nitrogens with one attached hydrogen (secondary N) is 1. The molecule has 1 fully saturated rings. The summed E-state index contributed by atoms with van der Waals surface area (Å²) in [6, 6.07) is 13.1. The Morgan fingerprint density at radius 1 is 1.15 bits per heavy atom. The maximum Gasteiger partial charge on any atom is 0.339 e. The third-order valence-corrected chi connectivity index (χ3v) is 5.91. The Bertz CT molecular complexity index is 1020. The molecule has 0 aliphatic carbocycles. The number of carbonyl (C=O) groups excluding carboxylic acids is 1. The standard InChI is InChI=1S/C18H17N3O4S2/c1-12-7-6-8-14(11-19-21-18-20-17(22)13(2)26-18)16(12)25-27(23,24)15-9-4-3-5-10-15/h3-11,13H,1-2H3,(H,20,21,22)/b19-11-/t13-/m0/s1. The molecule has 1 heterocycles. The van der Waals surface area contributed by atoms with Gasteiger partial charge in [-0.15, -0.1) is 5.10 Å². The fourth-order valence-electron chi connectivity index (χ4n) is 2.29. The highest BCUT2D eigenvalue weighted by Gasteiger charge is 2.25. The van der Waals surface area contributed by atoms with Gasteiger partial charge in [0.05, 0.1) is 11.5 Å². The largest absolute Gasteiger partial charge is 0.378 e. The van der Waals surface area contributed by atoms with Crippen molar-refractivity contribution in [3.8, 4) is 5.75 Å². The summed E-state index contributed by atoms with van der Waals surface area (Å²) in [5, 5.41) is 10.7. The number of hydrogen-bond acceptors (Lipinski definition) is 7. The molecule has 1 N–H and O–H groups in total. The molecule has 1 amide bonds. The van der Waals surface area contributed by atoms with Crippen molar-refractivity contribution in [2.75, 3.05) is 0 Å². The second kappa shape index (κ2) is 7.93. The van der Waals surface area contributed by atoms with E-state index in [-0.39, 0.29) is 21.8 Å². The first-order valence-electron chi connectivity index (χ1n) is 8.04. The summed E-state index contributed by atoms with van der Waals surface area (Å²) >= 11 is 1.27. The molecule has 140 valence electrons. The number of rotatable bonds is 5. The number of amides is 1. The van der Waals surface area contributed by atoms with Gasteiger partial charge in [0.15, 0.2) is 10.9 Å². The Labute approximate surface area is 161 Å². The molecule has 2 aromatic carbocycles. The summed E-state index contributed by atoms with van der Waals surface area (Å²) < 4.78 is 30.4. The van der Waals surface area contributed by atoms with E-state index in [2.05, 4.69) is 15.5 Å². The van der Waals surface area contributed by atoms with Crippen LogP contribution in [-0.2, 0) is 14.9 Å². The minimum Gasteiger partial charge on any atom is -0.378 e. The topological polar surface area (TPSA) is 97.2 Å². The molecule has 1 saturated heterocycles. The average molecular weight is 403 g/mol. The monoisotopic (exact) mass is 403 g/mol. The van der Waals surface area contributed by atoms with Gasteiger partial charge < -0.3 is 9.50 Å². The van der Waals surface area contributed by atoms with Crippen LogP contribution < -0.4 is 9.50 Å². The van der Waals surface area contributed by atoms with Gasteiger partial charge in [-0.3, -0.25) is 4.79 Å². The summed E-state index contributed by atoms with van der Waals surface area (Å²) in [7, 11) is -3.97. The fourth-order valence-corrected chi connectivity index (χ4v) is 4.07. The maximum absolute atomic E-state index is 12.5. The zero-order valence-electron chi connectivity index (χ0n) is 14.6. The lowest BCUT2D eigenvalue weighted by Gasteiger charge is -2.11. The lowest BCUT2D eigenvalue weighted by molar-refractivity contribution is -0.118. The van der Waals surface area contributed by atoms with E-state index in [1.165, 1.54) is 30.1 Å². The highest BCUT2D eigenvalue weighted by molar-refractivity contribution is 8.15. The molecule has 7 nitrogen and oxygen atoms in total. The van der Waals surface area contributed by atoms with Crippen molar-refractivity contribution in [2.24, 2.45) is 10.2 Å². The average Bonchev–Trinajstić information content (AvgIpc) is 2.96. The molecule has 1 aliphatic heterocycles. The highest BCUT2D eigenvalue weighted by Crippen LogP contribution is 2.26. The Kier molecular flexibility index (Phi) is 5.62. The number of nitrogens with zero attached hydrogens (tertiary/aromatic N) is 2. The zero-order valence-corrected chi connectivity index (χ0v) is 16.3. The normalized spacial score (nSPS) is 18.8. The molecule has 0 bridgehead atoms. The van der Waals surface area contributed by atoms with Crippen LogP contribution in [-0.4, -0.2) is 31.0 Å². The Balaban J connectivity index is 1.86. The van der Waals surface area contributed by atoms with Crippen molar-refractivity contribution in [1.29, 1.82) is 0 Å². The van der Waals surface area contributed by atoms with Gasteiger partial charge in [-0.1, -0.05) is 42.1 Å². The third kappa shape index (κ3) is 4.55. The van der Waals surface area contributed by atoms with Gasteiger partial charge in [-0.05, 0) is 37.6 Å². The van der Waals surface area contributed by atoms with Gasteiger partial charge in [-0.25, -0.2) is 0 Å². The molecule has 3 rings (SSSR count). The molecular formula is C18H17N3O4S2. The first kappa shape index (κ1) is 19.1. The van der Waals surface area contributed by atoms with Crippen LogP contribution in [0.15, 0.2) is 63.6 Å². The predicted molar refractivity (Wildman–Crippen MR) is 106 cm³/mol. The highest BCUT2D eigenvalue weighted by atomic mass is 32.2. The molecule has 0 spiro atoms. The zero-order chi connectivity index (χ0) is 19.4. The number of benzene rings is 2. The first-order valence-corrected chi connectivity index (χ1v) is 10.3. The Hall–Kier alpha value is -2.65. The number of para-hydroxylation sites is 1. The minimum absolute atomic E-state index is 0.0652. The lowest BCUT2D eigenvalue weighted by Crippen LogP contribution is -2.23. The van der Waals surface area contributed by atoms with E-state index in [4.69, 9.17) is 4.18 Å². The number of amidine groups is 1. The SMILES string of the molecule is Cc1cccc(/C=N\N=C2\NC(=O)[C@H](C)S2)c1OS(=O)(=O)c1ccccc1. The van der Waals surface area contributed by atoms with E-state index in [0.29, 0.717) is 16.3 Å². The number of hydrogen-bond donors (Lipinski definition) is 1.